The number of benzene rings is 1. The van der Waals surface area contributed by atoms with Crippen LogP contribution in [0.2, 0.25) is 5.02 Å². The highest BCUT2D eigenvalue weighted by molar-refractivity contribution is 7.18. The molecule has 2 N–H and O–H groups in total. The molecule has 0 bridgehead atoms. The van der Waals surface area contributed by atoms with Crippen molar-refractivity contribution in [1.82, 2.24) is 9.55 Å². The molecule has 0 spiro atoms. The van der Waals surface area contributed by atoms with Crippen LogP contribution < -0.4 is 11.3 Å². The highest BCUT2D eigenvalue weighted by Gasteiger charge is 2.24. The summed E-state index contributed by atoms with van der Waals surface area (Å²) in [6.45, 7) is 2.50. The second kappa shape index (κ2) is 7.68. The molecule has 0 saturated heterocycles. The van der Waals surface area contributed by atoms with Gasteiger partial charge in [0.05, 0.1) is 5.39 Å². The van der Waals surface area contributed by atoms with Gasteiger partial charge in [-0.05, 0) is 48.4 Å². The number of halogens is 1. The van der Waals surface area contributed by atoms with Crippen LogP contribution in [0.4, 0.5) is 0 Å². The van der Waals surface area contributed by atoms with Crippen LogP contribution in [0, 0.1) is 5.92 Å². The number of hydrogen-bond donors (Lipinski definition) is 1. The lowest BCUT2D eigenvalue weighted by Crippen LogP contribution is -2.28. The molecule has 2 heterocycles. The van der Waals surface area contributed by atoms with Crippen molar-refractivity contribution < 1.29 is 4.79 Å². The standard InChI is InChI=1S/C21H22ClN3O2S/c1-12-2-7-15-16(10-12)28-20-19(15)21(27)25(9-8-17(23)26)18(24-20)11-13-3-5-14(22)6-4-13/h3-6,12H,2,7-11H2,1H3,(H2,23,26). The Morgan fingerprint density at radius 3 is 2.82 bits per heavy atom. The molecule has 1 atom stereocenters. The zero-order valence-electron chi connectivity index (χ0n) is 15.7. The van der Waals surface area contributed by atoms with Gasteiger partial charge < -0.3 is 5.73 Å². The van der Waals surface area contributed by atoms with E-state index in [-0.39, 0.29) is 18.5 Å². The van der Waals surface area contributed by atoms with Crippen LogP contribution in [-0.4, -0.2) is 15.5 Å². The molecule has 0 saturated carbocycles. The molecule has 7 heteroatoms. The molecular weight excluding hydrogens is 394 g/mol. The number of amides is 1. The van der Waals surface area contributed by atoms with Gasteiger partial charge in [0.2, 0.25) is 5.91 Å². The van der Waals surface area contributed by atoms with Gasteiger partial charge in [-0.2, -0.15) is 0 Å². The second-order valence-corrected chi connectivity index (χ2v) is 9.06. The number of nitrogens with two attached hydrogens (primary N) is 1. The van der Waals surface area contributed by atoms with Crippen LogP contribution in [-0.2, 0) is 30.6 Å². The third kappa shape index (κ3) is 3.71. The number of carbonyl (C=O) groups is 1. The number of hydrogen-bond acceptors (Lipinski definition) is 4. The molecule has 2 aromatic heterocycles. The van der Waals surface area contributed by atoms with Crippen molar-refractivity contribution in [2.24, 2.45) is 11.7 Å². The summed E-state index contributed by atoms with van der Waals surface area (Å²) >= 11 is 7.62. The van der Waals surface area contributed by atoms with E-state index in [9.17, 15) is 9.59 Å². The SMILES string of the molecule is CC1CCc2c(sc3nc(Cc4ccc(Cl)cc4)n(CCC(N)=O)c(=O)c23)C1. The zero-order chi connectivity index (χ0) is 19.8. The van der Waals surface area contributed by atoms with Gasteiger partial charge in [0.15, 0.2) is 0 Å². The summed E-state index contributed by atoms with van der Waals surface area (Å²) in [5.41, 5.74) is 7.45. The number of rotatable bonds is 5. The lowest BCUT2D eigenvalue weighted by Gasteiger charge is -2.18. The van der Waals surface area contributed by atoms with Crippen molar-refractivity contribution in [2.75, 3.05) is 0 Å². The van der Waals surface area contributed by atoms with Crippen molar-refractivity contribution in [2.45, 2.75) is 45.6 Å². The van der Waals surface area contributed by atoms with Gasteiger partial charge in [-0.25, -0.2) is 4.98 Å². The average Bonchev–Trinajstić information content (AvgIpc) is 3.00. The summed E-state index contributed by atoms with van der Waals surface area (Å²) < 4.78 is 1.63. The first-order valence-corrected chi connectivity index (χ1v) is 10.7. The molecular formula is C21H22ClN3O2S. The van der Waals surface area contributed by atoms with E-state index in [1.54, 1.807) is 15.9 Å². The summed E-state index contributed by atoms with van der Waals surface area (Å²) in [5, 5.41) is 1.40. The Hall–Kier alpha value is -2.18. The number of thiophene rings is 1. The summed E-state index contributed by atoms with van der Waals surface area (Å²) in [7, 11) is 0. The number of aromatic nitrogens is 2. The van der Waals surface area contributed by atoms with Gasteiger partial charge in [0.25, 0.3) is 5.56 Å². The fourth-order valence-electron chi connectivity index (χ4n) is 3.84. The van der Waals surface area contributed by atoms with Gasteiger partial charge in [0, 0.05) is 29.3 Å². The van der Waals surface area contributed by atoms with E-state index in [2.05, 4.69) is 6.92 Å². The minimum Gasteiger partial charge on any atom is -0.370 e. The monoisotopic (exact) mass is 415 g/mol. The molecule has 146 valence electrons. The van der Waals surface area contributed by atoms with Crippen LogP contribution in [0.1, 0.15) is 41.6 Å². The maximum atomic E-state index is 13.4. The van der Waals surface area contributed by atoms with Gasteiger partial charge in [0.1, 0.15) is 10.7 Å². The van der Waals surface area contributed by atoms with Crippen LogP contribution in [0.3, 0.4) is 0 Å². The predicted molar refractivity (Wildman–Crippen MR) is 113 cm³/mol. The number of carbonyl (C=O) groups excluding carboxylic acids is 1. The molecule has 1 aliphatic carbocycles. The quantitative estimate of drug-likeness (QED) is 0.690. The minimum atomic E-state index is -0.425. The number of aryl methyl sites for hydroxylation is 1. The molecule has 1 aromatic carbocycles. The summed E-state index contributed by atoms with van der Waals surface area (Å²) in [6, 6.07) is 7.51. The molecule has 28 heavy (non-hydrogen) atoms. The van der Waals surface area contributed by atoms with Crippen molar-refractivity contribution in [3.05, 3.63) is 61.5 Å². The predicted octanol–water partition coefficient (Wildman–Crippen LogP) is 3.70. The highest BCUT2D eigenvalue weighted by atomic mass is 35.5. The molecule has 0 fully saturated rings. The number of nitrogens with zero attached hydrogens (tertiary/aromatic N) is 2. The third-order valence-corrected chi connectivity index (χ3v) is 6.75. The number of primary amides is 1. The molecule has 1 amide bonds. The molecule has 1 aliphatic rings. The topological polar surface area (TPSA) is 78.0 Å². The van der Waals surface area contributed by atoms with Crippen LogP contribution in [0.15, 0.2) is 29.1 Å². The van der Waals surface area contributed by atoms with E-state index in [1.807, 2.05) is 24.3 Å². The largest absolute Gasteiger partial charge is 0.370 e. The Kier molecular flexibility index (Phi) is 5.25. The van der Waals surface area contributed by atoms with Crippen LogP contribution in [0.5, 0.6) is 0 Å². The van der Waals surface area contributed by atoms with Gasteiger partial charge >= 0.3 is 0 Å². The van der Waals surface area contributed by atoms with E-state index in [4.69, 9.17) is 22.3 Å². The van der Waals surface area contributed by atoms with Crippen LogP contribution >= 0.6 is 22.9 Å². The smallest absolute Gasteiger partial charge is 0.262 e. The first-order valence-electron chi connectivity index (χ1n) is 9.49. The van der Waals surface area contributed by atoms with E-state index in [1.165, 1.54) is 4.88 Å². The summed E-state index contributed by atoms with van der Waals surface area (Å²) in [5.74, 6) is 0.865. The first-order chi connectivity index (χ1) is 13.4. The molecule has 1 unspecified atom stereocenters. The summed E-state index contributed by atoms with van der Waals surface area (Å²) in [6.07, 6.45) is 3.62. The third-order valence-electron chi connectivity index (χ3n) is 5.35. The van der Waals surface area contributed by atoms with E-state index < -0.39 is 5.91 Å². The highest BCUT2D eigenvalue weighted by Crippen LogP contribution is 2.36. The van der Waals surface area contributed by atoms with Gasteiger partial charge in [-0.3, -0.25) is 14.2 Å². The fraction of sp³-hybridized carbons (Fsp3) is 0.381. The minimum absolute atomic E-state index is 0.0535. The molecule has 5 nitrogen and oxygen atoms in total. The summed E-state index contributed by atoms with van der Waals surface area (Å²) in [4.78, 5) is 31.7. The Morgan fingerprint density at radius 1 is 1.36 bits per heavy atom. The fourth-order valence-corrected chi connectivity index (χ4v) is 5.36. The maximum Gasteiger partial charge on any atom is 0.262 e. The second-order valence-electron chi connectivity index (χ2n) is 7.54. The lowest BCUT2D eigenvalue weighted by atomic mass is 9.89. The van der Waals surface area contributed by atoms with Crippen molar-refractivity contribution >= 4 is 39.1 Å². The molecule has 0 aliphatic heterocycles. The van der Waals surface area contributed by atoms with E-state index in [0.717, 1.165) is 40.6 Å². The first kappa shape index (κ1) is 19.2. The van der Waals surface area contributed by atoms with Crippen LogP contribution in [0.25, 0.3) is 10.2 Å². The van der Waals surface area contributed by atoms with Gasteiger partial charge in [-0.1, -0.05) is 30.7 Å². The molecule has 0 radical (unpaired) electrons. The average molecular weight is 416 g/mol. The van der Waals surface area contributed by atoms with E-state index >= 15 is 0 Å². The van der Waals surface area contributed by atoms with Gasteiger partial charge in [-0.15, -0.1) is 11.3 Å². The maximum absolute atomic E-state index is 13.4. The van der Waals surface area contributed by atoms with Crippen molar-refractivity contribution in [3.63, 3.8) is 0 Å². The molecule has 4 rings (SSSR count). The number of fused-ring (bicyclic) bond motifs is 3. The Labute approximate surface area is 172 Å². The van der Waals surface area contributed by atoms with E-state index in [0.29, 0.717) is 23.2 Å². The molecule has 3 aromatic rings. The Balaban J connectivity index is 1.84. The van der Waals surface area contributed by atoms with Crippen molar-refractivity contribution in [3.8, 4) is 0 Å². The normalized spacial score (nSPS) is 16.3. The Bertz CT molecular complexity index is 1100. The zero-order valence-corrected chi connectivity index (χ0v) is 17.3. The van der Waals surface area contributed by atoms with Crippen molar-refractivity contribution in [1.29, 1.82) is 0 Å². The Morgan fingerprint density at radius 2 is 2.11 bits per heavy atom. The lowest BCUT2D eigenvalue weighted by molar-refractivity contribution is -0.118.